The van der Waals surface area contributed by atoms with Gasteiger partial charge >= 0.3 is 12.1 Å². The van der Waals surface area contributed by atoms with Crippen molar-refractivity contribution in [3.05, 3.63) is 17.3 Å². The zero-order valence-electron chi connectivity index (χ0n) is 15.4. The number of amides is 2. The molecular formula is C14H17N5O7S3. The number of ether oxygens (including phenoxy) is 1. The maximum atomic E-state index is 12.3. The van der Waals surface area contributed by atoms with Crippen molar-refractivity contribution in [2.24, 2.45) is 0 Å². The number of aromatic nitrogens is 2. The summed E-state index contributed by atoms with van der Waals surface area (Å²) in [6.07, 6.45) is 0.249. The predicted octanol–water partition coefficient (Wildman–Crippen LogP) is 1.56. The maximum Gasteiger partial charge on any atom is 0.408 e. The van der Waals surface area contributed by atoms with E-state index in [4.69, 9.17) is 9.84 Å². The van der Waals surface area contributed by atoms with Crippen molar-refractivity contribution in [1.29, 1.82) is 0 Å². The summed E-state index contributed by atoms with van der Waals surface area (Å²) < 4.78 is 31.5. The van der Waals surface area contributed by atoms with Crippen LogP contribution in [-0.4, -0.2) is 53.6 Å². The molecule has 0 bridgehead atoms. The molecule has 0 aliphatic rings. The smallest absolute Gasteiger partial charge is 0.408 e. The summed E-state index contributed by atoms with van der Waals surface area (Å²) in [5, 5.41) is 14.5. The van der Waals surface area contributed by atoms with E-state index in [1.807, 2.05) is 0 Å². The van der Waals surface area contributed by atoms with Crippen molar-refractivity contribution >= 4 is 60.9 Å². The summed E-state index contributed by atoms with van der Waals surface area (Å²) in [7, 11) is -4.07. The molecule has 0 aliphatic carbocycles. The average Bonchev–Trinajstić information content (AvgIpc) is 3.21. The lowest BCUT2D eigenvalue weighted by atomic mass is 10.2. The summed E-state index contributed by atoms with van der Waals surface area (Å²) in [4.78, 5) is 41.6. The Morgan fingerprint density at radius 1 is 1.24 bits per heavy atom. The summed E-state index contributed by atoms with van der Waals surface area (Å²) >= 11 is 1.48. The number of thiazole rings is 2. The molecule has 0 radical (unpaired) electrons. The second-order valence-electron chi connectivity index (χ2n) is 6.34. The van der Waals surface area contributed by atoms with Crippen molar-refractivity contribution in [3.63, 3.8) is 0 Å². The number of rotatable bonds is 7. The second-order valence-corrected chi connectivity index (χ2v) is 10.1. The Morgan fingerprint density at radius 3 is 2.52 bits per heavy atom. The minimum absolute atomic E-state index is 0.00766. The average molecular weight is 464 g/mol. The molecule has 0 fully saturated rings. The number of aromatic carboxylic acids is 1. The van der Waals surface area contributed by atoms with Crippen molar-refractivity contribution in [2.75, 3.05) is 16.6 Å². The zero-order valence-corrected chi connectivity index (χ0v) is 17.8. The van der Waals surface area contributed by atoms with Crippen LogP contribution in [-0.2, 0) is 19.6 Å². The van der Waals surface area contributed by atoms with Gasteiger partial charge in [-0.3, -0.25) is 9.52 Å². The summed E-state index contributed by atoms with van der Waals surface area (Å²) in [5.41, 5.74) is -1.00. The van der Waals surface area contributed by atoms with Crippen LogP contribution in [0.5, 0.6) is 0 Å². The van der Waals surface area contributed by atoms with E-state index in [9.17, 15) is 22.8 Å². The van der Waals surface area contributed by atoms with Gasteiger partial charge in [0.05, 0.1) is 6.20 Å². The number of carboxylic acids is 1. The molecule has 2 aromatic rings. The minimum Gasteiger partial charge on any atom is -0.476 e. The van der Waals surface area contributed by atoms with Gasteiger partial charge in [-0.15, -0.1) is 11.3 Å². The molecule has 15 heteroatoms. The van der Waals surface area contributed by atoms with Crippen LogP contribution < -0.4 is 15.4 Å². The van der Waals surface area contributed by atoms with Gasteiger partial charge in [0.25, 0.3) is 10.0 Å². The lowest BCUT2D eigenvalue weighted by Gasteiger charge is -2.19. The number of anilines is 2. The number of hydrogen-bond donors (Lipinski definition) is 4. The molecule has 2 heterocycles. The normalized spacial score (nSPS) is 11.6. The molecule has 158 valence electrons. The highest BCUT2D eigenvalue weighted by Gasteiger charge is 2.22. The maximum absolute atomic E-state index is 12.3. The fourth-order valence-electron chi connectivity index (χ4n) is 1.66. The van der Waals surface area contributed by atoms with Crippen LogP contribution >= 0.6 is 22.7 Å². The first kappa shape index (κ1) is 22.5. The van der Waals surface area contributed by atoms with Gasteiger partial charge in [-0.2, -0.15) is 0 Å². The third kappa shape index (κ3) is 6.95. The van der Waals surface area contributed by atoms with Gasteiger partial charge in [-0.1, -0.05) is 11.3 Å². The first-order valence-electron chi connectivity index (χ1n) is 7.80. The van der Waals surface area contributed by atoms with E-state index in [2.05, 4.69) is 25.3 Å². The topological polar surface area (TPSA) is 177 Å². The van der Waals surface area contributed by atoms with Gasteiger partial charge in [0, 0.05) is 5.38 Å². The molecule has 0 spiro atoms. The molecule has 0 aliphatic heterocycles. The SMILES string of the molecule is CC(C)(C)OC(=O)NCC(=O)Nc1ncc(S(=O)(=O)Nc2nc(C(=O)O)cs2)s1. The second kappa shape index (κ2) is 8.71. The van der Waals surface area contributed by atoms with Gasteiger partial charge in [0.2, 0.25) is 5.91 Å². The van der Waals surface area contributed by atoms with E-state index in [1.54, 1.807) is 20.8 Å². The zero-order chi connectivity index (χ0) is 21.8. The number of carbonyl (C=O) groups excluding carboxylic acids is 2. The molecule has 2 amide bonds. The third-order valence-electron chi connectivity index (χ3n) is 2.73. The predicted molar refractivity (Wildman–Crippen MR) is 105 cm³/mol. The van der Waals surface area contributed by atoms with Crippen molar-refractivity contribution in [3.8, 4) is 0 Å². The molecule has 0 aromatic carbocycles. The lowest BCUT2D eigenvalue weighted by molar-refractivity contribution is -0.115. The van der Waals surface area contributed by atoms with E-state index in [0.29, 0.717) is 11.3 Å². The highest BCUT2D eigenvalue weighted by Crippen LogP contribution is 2.26. The van der Waals surface area contributed by atoms with Gasteiger partial charge in [-0.05, 0) is 20.8 Å². The van der Waals surface area contributed by atoms with Crippen molar-refractivity contribution in [1.82, 2.24) is 15.3 Å². The van der Waals surface area contributed by atoms with Crippen molar-refractivity contribution < 1.29 is 32.6 Å². The van der Waals surface area contributed by atoms with Crippen molar-refractivity contribution in [2.45, 2.75) is 30.6 Å². The first-order chi connectivity index (χ1) is 13.4. The van der Waals surface area contributed by atoms with Gasteiger partial charge in [0.15, 0.2) is 20.2 Å². The van der Waals surface area contributed by atoms with E-state index in [-0.39, 0.29) is 20.2 Å². The Hall–Kier alpha value is -2.78. The van der Waals surface area contributed by atoms with Gasteiger partial charge in [0.1, 0.15) is 12.1 Å². The lowest BCUT2D eigenvalue weighted by Crippen LogP contribution is -2.37. The Morgan fingerprint density at radius 2 is 1.93 bits per heavy atom. The number of alkyl carbamates (subject to hydrolysis) is 1. The number of carboxylic acid groups (broad SMARTS) is 1. The number of carbonyl (C=O) groups is 3. The molecule has 0 saturated heterocycles. The van der Waals surface area contributed by atoms with E-state index in [0.717, 1.165) is 17.5 Å². The minimum atomic E-state index is -4.07. The van der Waals surface area contributed by atoms with Gasteiger partial charge in [-0.25, -0.2) is 28.0 Å². The summed E-state index contributed by atoms with van der Waals surface area (Å²) in [6, 6.07) is 0. The van der Waals surface area contributed by atoms with E-state index >= 15 is 0 Å². The fraction of sp³-hybridized carbons (Fsp3) is 0.357. The van der Waals surface area contributed by atoms with Crippen LogP contribution in [0.2, 0.25) is 0 Å². The molecular weight excluding hydrogens is 446 g/mol. The first-order valence-corrected chi connectivity index (χ1v) is 11.0. The van der Waals surface area contributed by atoms with Crippen LogP contribution in [0.25, 0.3) is 0 Å². The highest BCUT2D eigenvalue weighted by atomic mass is 32.2. The van der Waals surface area contributed by atoms with E-state index in [1.165, 1.54) is 5.38 Å². The van der Waals surface area contributed by atoms with Crippen LogP contribution in [0.4, 0.5) is 15.1 Å². The van der Waals surface area contributed by atoms with Crippen LogP contribution in [0, 0.1) is 0 Å². The largest absolute Gasteiger partial charge is 0.476 e. The fourth-order valence-corrected chi connectivity index (χ4v) is 4.64. The monoisotopic (exact) mass is 463 g/mol. The van der Waals surface area contributed by atoms with E-state index < -0.39 is 40.1 Å². The van der Waals surface area contributed by atoms with Gasteiger partial charge < -0.3 is 20.5 Å². The number of hydrogen-bond acceptors (Lipinski definition) is 10. The molecule has 0 atom stereocenters. The number of nitrogens with one attached hydrogen (secondary N) is 3. The van der Waals surface area contributed by atoms with Crippen LogP contribution in [0.1, 0.15) is 31.3 Å². The summed E-state index contributed by atoms with van der Waals surface area (Å²) in [5.74, 6) is -1.91. The van der Waals surface area contributed by atoms with Crippen LogP contribution in [0.3, 0.4) is 0 Å². The highest BCUT2D eigenvalue weighted by molar-refractivity contribution is 7.95. The molecule has 0 unspecified atom stereocenters. The molecule has 2 rings (SSSR count). The molecule has 12 nitrogen and oxygen atoms in total. The number of nitrogens with zero attached hydrogens (tertiary/aromatic N) is 2. The Kier molecular flexibility index (Phi) is 6.76. The molecule has 2 aromatic heterocycles. The van der Waals surface area contributed by atoms with Crippen LogP contribution in [0.15, 0.2) is 15.8 Å². The Bertz CT molecular complexity index is 1020. The third-order valence-corrected chi connectivity index (χ3v) is 6.33. The Labute approximate surface area is 173 Å². The number of sulfonamides is 1. The Balaban J connectivity index is 1.94. The summed E-state index contributed by atoms with van der Waals surface area (Å²) in [6.45, 7) is 4.62. The quantitative estimate of drug-likeness (QED) is 0.474. The standard InChI is InChI=1S/C14H17N5O7S3/c1-14(2,3)26-13(23)16-4-8(20)18-11-15-5-9(28-11)29(24,25)19-12-17-7(6-27-12)10(21)22/h5-6H,4H2,1-3H3,(H,16,23)(H,17,19)(H,21,22)(H,15,18,20). The molecule has 0 saturated carbocycles. The molecule has 4 N–H and O–H groups in total. The molecule has 29 heavy (non-hydrogen) atoms.